The molecule has 0 unspecified atom stereocenters. The van der Waals surface area contributed by atoms with Gasteiger partial charge in [-0.15, -0.1) is 0 Å². The zero-order chi connectivity index (χ0) is 12.7. The van der Waals surface area contributed by atoms with Gasteiger partial charge in [-0.05, 0) is 37.5 Å². The molecule has 0 bridgehead atoms. The van der Waals surface area contributed by atoms with Crippen molar-refractivity contribution in [1.29, 1.82) is 0 Å². The molecule has 1 nitrogen and oxygen atoms in total. The van der Waals surface area contributed by atoms with Crippen molar-refractivity contribution in [3.05, 3.63) is 39.0 Å². The summed E-state index contributed by atoms with van der Waals surface area (Å²) in [6.07, 6.45) is 5.14. The molecule has 0 saturated heterocycles. The van der Waals surface area contributed by atoms with Crippen LogP contribution in [0.15, 0.2) is 22.7 Å². The molecule has 0 amide bonds. The van der Waals surface area contributed by atoms with Crippen LogP contribution in [0.4, 0.5) is 0 Å². The standard InChI is InChI=1S/C15H15BrClN/c1-9-6-7-11(16)14-12(17)8-13(18-15(9)14)10-4-2-3-5-10/h6-8,10H,2-5H2,1H3. The Morgan fingerprint density at radius 3 is 2.72 bits per heavy atom. The summed E-state index contributed by atoms with van der Waals surface area (Å²) in [6, 6.07) is 6.19. The molecule has 3 rings (SSSR count). The van der Waals surface area contributed by atoms with Crippen molar-refractivity contribution >= 4 is 38.4 Å². The van der Waals surface area contributed by atoms with Crippen LogP contribution in [0.25, 0.3) is 10.9 Å². The average molecular weight is 325 g/mol. The second kappa shape index (κ2) is 4.82. The van der Waals surface area contributed by atoms with Crippen LogP contribution in [-0.2, 0) is 0 Å². The molecular weight excluding hydrogens is 310 g/mol. The molecule has 0 N–H and O–H groups in total. The summed E-state index contributed by atoms with van der Waals surface area (Å²) in [5.74, 6) is 0.602. The molecule has 94 valence electrons. The van der Waals surface area contributed by atoms with Crippen molar-refractivity contribution in [2.24, 2.45) is 0 Å². The molecule has 1 fully saturated rings. The van der Waals surface area contributed by atoms with Gasteiger partial charge in [-0.3, -0.25) is 4.98 Å². The molecule has 1 saturated carbocycles. The fourth-order valence-corrected chi connectivity index (χ4v) is 3.79. The first-order valence-corrected chi connectivity index (χ1v) is 7.59. The maximum Gasteiger partial charge on any atom is 0.0760 e. The molecular formula is C15H15BrClN. The monoisotopic (exact) mass is 323 g/mol. The van der Waals surface area contributed by atoms with Crippen LogP contribution < -0.4 is 0 Å². The normalized spacial score (nSPS) is 16.6. The minimum atomic E-state index is 0.602. The summed E-state index contributed by atoms with van der Waals surface area (Å²) < 4.78 is 1.03. The van der Waals surface area contributed by atoms with Crippen molar-refractivity contribution < 1.29 is 0 Å². The quantitative estimate of drug-likeness (QED) is 0.663. The Kier molecular flexibility index (Phi) is 3.33. The lowest BCUT2D eigenvalue weighted by atomic mass is 10.0. The number of rotatable bonds is 1. The van der Waals surface area contributed by atoms with Gasteiger partial charge in [0.25, 0.3) is 0 Å². The number of nitrogens with zero attached hydrogens (tertiary/aromatic N) is 1. The van der Waals surface area contributed by atoms with E-state index in [-0.39, 0.29) is 0 Å². The second-order valence-electron chi connectivity index (χ2n) is 5.10. The zero-order valence-corrected chi connectivity index (χ0v) is 12.7. The van der Waals surface area contributed by atoms with Crippen LogP contribution in [0.2, 0.25) is 5.02 Å². The van der Waals surface area contributed by atoms with Gasteiger partial charge in [0, 0.05) is 21.5 Å². The number of pyridine rings is 1. The van der Waals surface area contributed by atoms with Crippen LogP contribution >= 0.6 is 27.5 Å². The Morgan fingerprint density at radius 1 is 1.28 bits per heavy atom. The minimum absolute atomic E-state index is 0.602. The third-order valence-electron chi connectivity index (χ3n) is 3.86. The Balaban J connectivity index is 2.23. The summed E-state index contributed by atoms with van der Waals surface area (Å²) in [4.78, 5) is 4.86. The van der Waals surface area contributed by atoms with Gasteiger partial charge in [0.05, 0.1) is 10.5 Å². The Hall–Kier alpha value is -0.600. The highest BCUT2D eigenvalue weighted by Gasteiger charge is 2.20. The van der Waals surface area contributed by atoms with E-state index in [0.717, 1.165) is 20.4 Å². The topological polar surface area (TPSA) is 12.9 Å². The van der Waals surface area contributed by atoms with E-state index in [1.165, 1.54) is 36.9 Å². The number of hydrogen-bond donors (Lipinski definition) is 0. The van der Waals surface area contributed by atoms with Gasteiger partial charge in [-0.2, -0.15) is 0 Å². The predicted octanol–water partition coefficient (Wildman–Crippen LogP) is 5.62. The molecule has 1 heterocycles. The smallest absolute Gasteiger partial charge is 0.0760 e. The lowest BCUT2D eigenvalue weighted by Gasteiger charge is -2.13. The van der Waals surface area contributed by atoms with Crippen molar-refractivity contribution in [3.63, 3.8) is 0 Å². The first-order chi connectivity index (χ1) is 8.66. The van der Waals surface area contributed by atoms with E-state index in [2.05, 4.69) is 35.0 Å². The Morgan fingerprint density at radius 2 is 2.00 bits per heavy atom. The van der Waals surface area contributed by atoms with Crippen LogP contribution in [0.3, 0.4) is 0 Å². The summed E-state index contributed by atoms with van der Waals surface area (Å²) in [6.45, 7) is 2.09. The molecule has 3 heteroatoms. The van der Waals surface area contributed by atoms with Gasteiger partial charge in [0.1, 0.15) is 0 Å². The van der Waals surface area contributed by atoms with Crippen LogP contribution in [0, 0.1) is 6.92 Å². The van der Waals surface area contributed by atoms with Crippen LogP contribution in [0.1, 0.15) is 42.9 Å². The molecule has 1 aliphatic carbocycles. The second-order valence-corrected chi connectivity index (χ2v) is 6.36. The van der Waals surface area contributed by atoms with Gasteiger partial charge < -0.3 is 0 Å². The first-order valence-electron chi connectivity index (χ1n) is 6.42. The Bertz CT molecular complexity index is 603. The highest BCUT2D eigenvalue weighted by Crippen LogP contribution is 2.38. The molecule has 1 aliphatic rings. The van der Waals surface area contributed by atoms with E-state index < -0.39 is 0 Å². The first kappa shape index (κ1) is 12.4. The van der Waals surface area contributed by atoms with Gasteiger partial charge in [0.15, 0.2) is 0 Å². The lowest BCUT2D eigenvalue weighted by molar-refractivity contribution is 0.701. The van der Waals surface area contributed by atoms with Gasteiger partial charge in [-0.25, -0.2) is 0 Å². The maximum absolute atomic E-state index is 6.45. The van der Waals surface area contributed by atoms with Crippen molar-refractivity contribution in [2.75, 3.05) is 0 Å². The van der Waals surface area contributed by atoms with Gasteiger partial charge in [0.2, 0.25) is 0 Å². The van der Waals surface area contributed by atoms with Crippen molar-refractivity contribution in [1.82, 2.24) is 4.98 Å². The number of benzene rings is 1. The average Bonchev–Trinajstić information content (AvgIpc) is 2.87. The van der Waals surface area contributed by atoms with Crippen molar-refractivity contribution in [2.45, 2.75) is 38.5 Å². The molecule has 0 aliphatic heterocycles. The van der Waals surface area contributed by atoms with Gasteiger partial charge in [-0.1, -0.05) is 46.4 Å². The fourth-order valence-electron chi connectivity index (χ4n) is 2.84. The van der Waals surface area contributed by atoms with E-state index >= 15 is 0 Å². The molecule has 18 heavy (non-hydrogen) atoms. The Labute approximate surface area is 121 Å². The number of halogens is 2. The highest BCUT2D eigenvalue weighted by atomic mass is 79.9. The van der Waals surface area contributed by atoms with E-state index in [1.807, 2.05) is 6.07 Å². The van der Waals surface area contributed by atoms with E-state index in [9.17, 15) is 0 Å². The largest absolute Gasteiger partial charge is 0.252 e. The SMILES string of the molecule is Cc1ccc(Br)c2c(Cl)cc(C3CCCC3)nc12. The zero-order valence-electron chi connectivity index (χ0n) is 10.3. The van der Waals surface area contributed by atoms with Gasteiger partial charge >= 0.3 is 0 Å². The number of fused-ring (bicyclic) bond motifs is 1. The van der Waals surface area contributed by atoms with E-state index in [4.69, 9.17) is 16.6 Å². The van der Waals surface area contributed by atoms with Crippen LogP contribution in [-0.4, -0.2) is 4.98 Å². The van der Waals surface area contributed by atoms with Crippen molar-refractivity contribution in [3.8, 4) is 0 Å². The molecule has 0 spiro atoms. The van der Waals surface area contributed by atoms with Crippen LogP contribution in [0.5, 0.6) is 0 Å². The highest BCUT2D eigenvalue weighted by molar-refractivity contribution is 9.10. The summed E-state index contributed by atoms with van der Waals surface area (Å²) in [5, 5.41) is 1.86. The lowest BCUT2D eigenvalue weighted by Crippen LogP contribution is -1.98. The molecule has 1 aromatic heterocycles. The summed E-state index contributed by atoms with van der Waals surface area (Å²) >= 11 is 10.0. The number of hydrogen-bond acceptors (Lipinski definition) is 1. The third kappa shape index (κ3) is 2.06. The minimum Gasteiger partial charge on any atom is -0.252 e. The number of aryl methyl sites for hydroxylation is 1. The maximum atomic E-state index is 6.45. The molecule has 0 radical (unpaired) electrons. The van der Waals surface area contributed by atoms with E-state index in [1.54, 1.807) is 0 Å². The summed E-state index contributed by atoms with van der Waals surface area (Å²) in [7, 11) is 0. The molecule has 0 atom stereocenters. The molecule has 1 aromatic carbocycles. The third-order valence-corrected chi connectivity index (χ3v) is 4.82. The fraction of sp³-hybridized carbons (Fsp3) is 0.400. The number of aromatic nitrogens is 1. The van der Waals surface area contributed by atoms with E-state index in [0.29, 0.717) is 5.92 Å². The molecule has 2 aromatic rings. The predicted molar refractivity (Wildman–Crippen MR) is 80.4 cm³/mol. The summed E-state index contributed by atoms with van der Waals surface area (Å²) in [5.41, 5.74) is 3.40.